The number of aryl methyl sites for hydroxylation is 1. The van der Waals surface area contributed by atoms with Gasteiger partial charge in [-0.2, -0.15) is 8.78 Å². The molecule has 9 nitrogen and oxygen atoms in total. The summed E-state index contributed by atoms with van der Waals surface area (Å²) in [5.74, 6) is -0.834. The van der Waals surface area contributed by atoms with Crippen molar-refractivity contribution in [3.8, 4) is 5.75 Å². The molecule has 13 heteroatoms. The molecule has 0 aliphatic carbocycles. The van der Waals surface area contributed by atoms with Crippen LogP contribution >= 0.6 is 11.8 Å². The van der Waals surface area contributed by atoms with Gasteiger partial charge in [-0.05, 0) is 48.4 Å². The topological polar surface area (TPSA) is 133 Å². The minimum absolute atomic E-state index is 0.0198. The van der Waals surface area contributed by atoms with Crippen molar-refractivity contribution in [1.82, 2.24) is 9.55 Å². The molecule has 198 valence electrons. The van der Waals surface area contributed by atoms with Gasteiger partial charge in [0.25, 0.3) is 5.56 Å². The number of primary sulfonamides is 1. The number of aromatic nitrogens is 2. The van der Waals surface area contributed by atoms with Gasteiger partial charge in [-0.25, -0.2) is 18.5 Å². The molecule has 4 aromatic rings. The number of benzene rings is 3. The molecule has 0 atom stereocenters. The molecular weight excluding hydrogens is 538 g/mol. The van der Waals surface area contributed by atoms with Crippen molar-refractivity contribution in [2.45, 2.75) is 29.6 Å². The highest BCUT2D eigenvalue weighted by Crippen LogP contribution is 2.26. The van der Waals surface area contributed by atoms with Crippen LogP contribution < -0.4 is 20.8 Å². The first-order chi connectivity index (χ1) is 18.1. The van der Waals surface area contributed by atoms with Gasteiger partial charge in [-0.3, -0.25) is 14.2 Å². The van der Waals surface area contributed by atoms with Crippen LogP contribution in [-0.4, -0.2) is 36.2 Å². The van der Waals surface area contributed by atoms with Crippen molar-refractivity contribution in [2.24, 2.45) is 5.14 Å². The Morgan fingerprint density at radius 1 is 1.05 bits per heavy atom. The number of carbonyl (C=O) groups excluding carboxylic acids is 1. The van der Waals surface area contributed by atoms with Gasteiger partial charge >= 0.3 is 6.61 Å². The van der Waals surface area contributed by atoms with Gasteiger partial charge in [-0.1, -0.05) is 48.2 Å². The zero-order chi connectivity index (χ0) is 27.3. The average molecular weight is 561 g/mol. The highest BCUT2D eigenvalue weighted by molar-refractivity contribution is 7.99. The first kappa shape index (κ1) is 27.2. The quantitative estimate of drug-likeness (QED) is 0.224. The molecular formula is C25H22F2N4O5S2. The minimum atomic E-state index is -3.82. The van der Waals surface area contributed by atoms with Crippen LogP contribution in [0.1, 0.15) is 5.56 Å². The van der Waals surface area contributed by atoms with Crippen LogP contribution in [0.5, 0.6) is 5.75 Å². The number of nitrogens with one attached hydrogen (secondary N) is 1. The average Bonchev–Trinajstić information content (AvgIpc) is 2.88. The lowest BCUT2D eigenvalue weighted by molar-refractivity contribution is -0.113. The fourth-order valence-electron chi connectivity index (χ4n) is 3.63. The van der Waals surface area contributed by atoms with Gasteiger partial charge in [0, 0.05) is 6.54 Å². The van der Waals surface area contributed by atoms with Crippen LogP contribution in [0.3, 0.4) is 0 Å². The van der Waals surface area contributed by atoms with Crippen molar-refractivity contribution >= 4 is 44.3 Å². The van der Waals surface area contributed by atoms with Gasteiger partial charge in [0.2, 0.25) is 15.9 Å². The molecule has 0 aliphatic heterocycles. The normalized spacial score (nSPS) is 11.6. The number of alkyl halides is 2. The molecule has 4 rings (SSSR count). The van der Waals surface area contributed by atoms with E-state index in [0.717, 1.165) is 17.3 Å². The Balaban J connectivity index is 1.54. The first-order valence-corrected chi connectivity index (χ1v) is 13.7. The molecule has 0 aliphatic rings. The molecule has 38 heavy (non-hydrogen) atoms. The summed E-state index contributed by atoms with van der Waals surface area (Å²) in [6, 6.07) is 18.6. The maximum absolute atomic E-state index is 13.3. The molecule has 0 fully saturated rings. The molecule has 0 bridgehead atoms. The number of thioether (sulfide) groups is 1. The predicted molar refractivity (Wildman–Crippen MR) is 140 cm³/mol. The van der Waals surface area contributed by atoms with E-state index in [1.165, 1.54) is 34.9 Å². The number of halogens is 2. The Bertz CT molecular complexity index is 1630. The van der Waals surface area contributed by atoms with Crippen LogP contribution in [0.15, 0.2) is 87.6 Å². The zero-order valence-corrected chi connectivity index (χ0v) is 21.3. The molecule has 1 aromatic heterocycles. The lowest BCUT2D eigenvalue weighted by atomic mass is 10.1. The third kappa shape index (κ3) is 6.73. The smallest absolute Gasteiger partial charge is 0.387 e. The molecule has 0 unspecified atom stereocenters. The number of ether oxygens (including phenoxy) is 1. The highest BCUT2D eigenvalue weighted by Gasteiger charge is 2.16. The van der Waals surface area contributed by atoms with E-state index in [9.17, 15) is 26.8 Å². The Labute approximate surface area is 220 Å². The number of rotatable bonds is 10. The van der Waals surface area contributed by atoms with Gasteiger partial charge < -0.3 is 10.1 Å². The third-order valence-electron chi connectivity index (χ3n) is 5.41. The van der Waals surface area contributed by atoms with Crippen LogP contribution in [0, 0.1) is 0 Å². The second-order valence-electron chi connectivity index (χ2n) is 8.02. The van der Waals surface area contributed by atoms with Gasteiger partial charge in [-0.15, -0.1) is 0 Å². The number of amides is 1. The highest BCUT2D eigenvalue weighted by atomic mass is 32.2. The molecule has 0 saturated carbocycles. The Hall–Kier alpha value is -3.81. The largest absolute Gasteiger partial charge is 0.433 e. The summed E-state index contributed by atoms with van der Waals surface area (Å²) in [4.78, 5) is 30.4. The van der Waals surface area contributed by atoms with E-state index < -0.39 is 22.5 Å². The van der Waals surface area contributed by atoms with E-state index >= 15 is 0 Å². The fourth-order valence-corrected chi connectivity index (χ4v) is 4.97. The van der Waals surface area contributed by atoms with Crippen molar-refractivity contribution in [3.05, 3.63) is 88.7 Å². The summed E-state index contributed by atoms with van der Waals surface area (Å²) in [6.45, 7) is -2.84. The second-order valence-corrected chi connectivity index (χ2v) is 10.5. The maximum atomic E-state index is 13.3. The molecule has 1 amide bonds. The summed E-state index contributed by atoms with van der Waals surface area (Å²) in [5, 5.41) is 8.38. The van der Waals surface area contributed by atoms with E-state index in [0.29, 0.717) is 22.5 Å². The standard InChI is InChI=1S/C25H22F2N4O5S2/c26-24(27)36-21-8-4-3-7-20(21)29-22(32)15-37-25-30-19-6-2-1-5-18(19)23(33)31(25)14-13-16-9-11-17(12-10-16)38(28,34)35/h1-12,24H,13-15H2,(H,29,32)(H2,28,34,35). The van der Waals surface area contributed by atoms with Crippen molar-refractivity contribution in [2.75, 3.05) is 11.1 Å². The lowest BCUT2D eigenvalue weighted by Gasteiger charge is -2.14. The Morgan fingerprint density at radius 2 is 1.74 bits per heavy atom. The molecule has 1 heterocycles. The van der Waals surface area contributed by atoms with E-state index in [1.54, 1.807) is 42.5 Å². The number of nitrogens with two attached hydrogens (primary N) is 1. The molecule has 0 saturated heterocycles. The second kappa shape index (κ2) is 11.7. The van der Waals surface area contributed by atoms with E-state index in [1.807, 2.05) is 0 Å². The molecule has 0 radical (unpaired) electrons. The first-order valence-electron chi connectivity index (χ1n) is 11.2. The summed E-state index contributed by atoms with van der Waals surface area (Å²) in [5.41, 5.74) is 1.02. The summed E-state index contributed by atoms with van der Waals surface area (Å²) >= 11 is 1.02. The van der Waals surface area contributed by atoms with Crippen LogP contribution in [0.2, 0.25) is 0 Å². The zero-order valence-electron chi connectivity index (χ0n) is 19.7. The number of fused-ring (bicyclic) bond motifs is 1. The van der Waals surface area contributed by atoms with Crippen molar-refractivity contribution < 1.29 is 26.7 Å². The lowest BCUT2D eigenvalue weighted by Crippen LogP contribution is -2.25. The van der Waals surface area contributed by atoms with E-state index in [4.69, 9.17) is 5.14 Å². The van der Waals surface area contributed by atoms with Gasteiger partial charge in [0.1, 0.15) is 5.75 Å². The summed E-state index contributed by atoms with van der Waals surface area (Å²) < 4.78 is 54.2. The number of para-hydroxylation sites is 3. The van der Waals surface area contributed by atoms with Crippen molar-refractivity contribution in [1.29, 1.82) is 0 Å². The summed E-state index contributed by atoms with van der Waals surface area (Å²) in [6.07, 6.45) is 0.378. The van der Waals surface area contributed by atoms with Crippen LogP contribution in [0.4, 0.5) is 14.5 Å². The number of hydrogen-bond acceptors (Lipinski definition) is 7. The number of hydrogen-bond donors (Lipinski definition) is 2. The molecule has 3 aromatic carbocycles. The van der Waals surface area contributed by atoms with E-state index in [-0.39, 0.29) is 34.2 Å². The van der Waals surface area contributed by atoms with E-state index in [2.05, 4.69) is 15.0 Å². The van der Waals surface area contributed by atoms with Gasteiger partial charge in [0.05, 0.1) is 27.2 Å². The molecule has 0 spiro atoms. The van der Waals surface area contributed by atoms with Gasteiger partial charge in [0.15, 0.2) is 5.16 Å². The summed E-state index contributed by atoms with van der Waals surface area (Å²) in [7, 11) is -3.82. The number of carbonyl (C=O) groups is 1. The molecule has 3 N–H and O–H groups in total. The predicted octanol–water partition coefficient (Wildman–Crippen LogP) is 3.62. The minimum Gasteiger partial charge on any atom is -0.433 e. The van der Waals surface area contributed by atoms with Crippen LogP contribution in [0.25, 0.3) is 10.9 Å². The number of anilines is 1. The van der Waals surface area contributed by atoms with Crippen molar-refractivity contribution in [3.63, 3.8) is 0 Å². The SMILES string of the molecule is NS(=O)(=O)c1ccc(CCn2c(SCC(=O)Nc3ccccc3OC(F)F)nc3ccccc3c2=O)cc1. The number of sulfonamides is 1. The maximum Gasteiger partial charge on any atom is 0.387 e. The van der Waals surface area contributed by atoms with Crippen LogP contribution in [-0.2, 0) is 27.8 Å². The Morgan fingerprint density at radius 3 is 2.45 bits per heavy atom. The number of nitrogens with zero attached hydrogens (tertiary/aromatic N) is 2. The fraction of sp³-hybridized carbons (Fsp3) is 0.160. The third-order valence-corrected chi connectivity index (χ3v) is 7.32. The Kier molecular flexibility index (Phi) is 8.39. The monoisotopic (exact) mass is 560 g/mol.